The first kappa shape index (κ1) is 21.9. The number of rotatable bonds is 4. The molecule has 31 heavy (non-hydrogen) atoms. The molecule has 2 unspecified atom stereocenters. The molecule has 3 saturated heterocycles. The van der Waals surface area contributed by atoms with Crippen LogP contribution in [0.2, 0.25) is 0 Å². The number of piperidine rings is 2. The second-order valence-corrected chi connectivity index (χ2v) is 8.95. The number of nitrogens with two attached hydrogens (primary N) is 1. The molecule has 0 spiro atoms. The zero-order chi connectivity index (χ0) is 20.8. The van der Waals surface area contributed by atoms with Crippen LogP contribution in [-0.2, 0) is 4.79 Å². The number of amides is 2. The Balaban J connectivity index is 0.00000231. The number of nitrogens with zero attached hydrogens (tertiary/aromatic N) is 3. The van der Waals surface area contributed by atoms with Crippen molar-refractivity contribution in [2.24, 2.45) is 5.73 Å². The Morgan fingerprint density at radius 2 is 1.90 bits per heavy atom. The number of anilines is 1. The fourth-order valence-electron chi connectivity index (χ4n) is 5.53. The molecule has 3 atom stereocenters. The summed E-state index contributed by atoms with van der Waals surface area (Å²) in [6.07, 6.45) is 7.23. The number of nitrogens with one attached hydrogen (secondary N) is 1. The molecule has 0 saturated carbocycles. The molecule has 168 valence electrons. The van der Waals surface area contributed by atoms with Crippen molar-refractivity contribution in [1.82, 2.24) is 15.2 Å². The van der Waals surface area contributed by atoms with Gasteiger partial charge in [0.25, 0.3) is 11.9 Å². The van der Waals surface area contributed by atoms with E-state index < -0.39 is 6.04 Å². The van der Waals surface area contributed by atoms with Gasteiger partial charge in [0.1, 0.15) is 11.6 Å². The van der Waals surface area contributed by atoms with Crippen LogP contribution in [0.25, 0.3) is 11.1 Å². The van der Waals surface area contributed by atoms with Crippen molar-refractivity contribution in [3.8, 4) is 0 Å². The number of halogens is 1. The van der Waals surface area contributed by atoms with E-state index in [0.29, 0.717) is 47.7 Å². The average molecular weight is 448 g/mol. The molecule has 8 nitrogen and oxygen atoms in total. The molecule has 3 aliphatic heterocycles. The fraction of sp³-hybridized carbons (Fsp3) is 0.591. The smallest absolute Gasteiger partial charge is 0.299 e. The molecule has 0 radical (unpaired) electrons. The van der Waals surface area contributed by atoms with Crippen LogP contribution in [0, 0.1) is 0 Å². The fourth-order valence-corrected chi connectivity index (χ4v) is 5.53. The third kappa shape index (κ3) is 3.99. The Morgan fingerprint density at radius 3 is 2.61 bits per heavy atom. The van der Waals surface area contributed by atoms with Gasteiger partial charge in [-0.05, 0) is 57.7 Å². The van der Waals surface area contributed by atoms with Gasteiger partial charge in [0.15, 0.2) is 5.58 Å². The summed E-state index contributed by atoms with van der Waals surface area (Å²) in [5.41, 5.74) is 7.13. The van der Waals surface area contributed by atoms with Crippen LogP contribution in [0.1, 0.15) is 55.3 Å². The van der Waals surface area contributed by atoms with E-state index in [1.807, 2.05) is 11.0 Å². The van der Waals surface area contributed by atoms with Crippen LogP contribution >= 0.6 is 12.4 Å². The third-order valence-electron chi connectivity index (χ3n) is 7.15. The Morgan fingerprint density at radius 1 is 1.16 bits per heavy atom. The van der Waals surface area contributed by atoms with E-state index in [-0.39, 0.29) is 30.3 Å². The van der Waals surface area contributed by atoms with Crippen molar-refractivity contribution in [1.29, 1.82) is 0 Å². The summed E-state index contributed by atoms with van der Waals surface area (Å²) in [6, 6.07) is 6.65. The summed E-state index contributed by atoms with van der Waals surface area (Å²) < 4.78 is 5.91. The Hall–Kier alpha value is -2.32. The highest BCUT2D eigenvalue weighted by Gasteiger charge is 2.37. The first-order valence-electron chi connectivity index (χ1n) is 11.0. The molecular weight excluding hydrogens is 418 g/mol. The molecule has 4 heterocycles. The molecule has 1 aromatic heterocycles. The van der Waals surface area contributed by atoms with Crippen molar-refractivity contribution < 1.29 is 14.0 Å². The van der Waals surface area contributed by atoms with Crippen molar-refractivity contribution in [3.63, 3.8) is 0 Å². The number of aromatic nitrogens is 1. The molecule has 5 rings (SSSR count). The topological polar surface area (TPSA) is 105 Å². The largest absolute Gasteiger partial charge is 0.423 e. The normalized spacial score (nSPS) is 28.4. The minimum atomic E-state index is -0.408. The lowest BCUT2D eigenvalue weighted by molar-refractivity contribution is -0.119. The molecule has 2 amide bonds. The molecule has 3 aliphatic rings. The van der Waals surface area contributed by atoms with Gasteiger partial charge in [0.05, 0.1) is 5.56 Å². The Labute approximate surface area is 187 Å². The van der Waals surface area contributed by atoms with Gasteiger partial charge in [-0.25, -0.2) is 0 Å². The van der Waals surface area contributed by atoms with Gasteiger partial charge in [-0.3, -0.25) is 9.59 Å². The quantitative estimate of drug-likeness (QED) is 0.745. The van der Waals surface area contributed by atoms with E-state index in [4.69, 9.17) is 10.2 Å². The van der Waals surface area contributed by atoms with Crippen LogP contribution in [-0.4, -0.2) is 59.5 Å². The second-order valence-electron chi connectivity index (χ2n) is 8.95. The van der Waals surface area contributed by atoms with Crippen LogP contribution in [0.15, 0.2) is 22.6 Å². The number of benzene rings is 1. The summed E-state index contributed by atoms with van der Waals surface area (Å²) in [5.74, 6) is -0.485. The van der Waals surface area contributed by atoms with Gasteiger partial charge < -0.3 is 25.3 Å². The van der Waals surface area contributed by atoms with E-state index >= 15 is 0 Å². The Kier molecular flexibility index (Phi) is 6.12. The standard InChI is InChI=1S/C22H29N5O3.ClH/c1-26-14-5-2-6-15(26)12-13(11-14)24-21(29)16-7-3-9-18-19(16)25-22(30-18)27-10-4-8-17(27)20(23)28;/h3,7,9,13-15,17H,2,4-6,8,10-12H2,1H3,(H2,23,28)(H,24,29);1H/t13?,14?,15?,17-;/m0./s1. The monoisotopic (exact) mass is 447 g/mol. The lowest BCUT2D eigenvalue weighted by atomic mass is 9.82. The van der Waals surface area contributed by atoms with Gasteiger partial charge >= 0.3 is 0 Å². The van der Waals surface area contributed by atoms with Gasteiger partial charge in [0, 0.05) is 24.7 Å². The van der Waals surface area contributed by atoms with Crippen LogP contribution < -0.4 is 16.0 Å². The zero-order valence-corrected chi connectivity index (χ0v) is 18.6. The maximum atomic E-state index is 13.1. The van der Waals surface area contributed by atoms with Crippen LogP contribution in [0.3, 0.4) is 0 Å². The first-order valence-corrected chi connectivity index (χ1v) is 11.0. The average Bonchev–Trinajstić information content (AvgIpc) is 3.35. The lowest BCUT2D eigenvalue weighted by Crippen LogP contribution is -2.55. The number of fused-ring (bicyclic) bond motifs is 3. The molecule has 0 aliphatic carbocycles. The summed E-state index contributed by atoms with van der Waals surface area (Å²) in [6.45, 7) is 0.667. The van der Waals surface area contributed by atoms with Crippen LogP contribution in [0.4, 0.5) is 6.01 Å². The summed E-state index contributed by atoms with van der Waals surface area (Å²) in [5, 5.41) is 3.25. The molecule has 3 N–H and O–H groups in total. The van der Waals surface area contributed by atoms with E-state index in [9.17, 15) is 9.59 Å². The Bertz CT molecular complexity index is 965. The summed E-state index contributed by atoms with van der Waals surface area (Å²) in [4.78, 5) is 33.8. The molecule has 1 aromatic carbocycles. The highest BCUT2D eigenvalue weighted by Crippen LogP contribution is 2.33. The summed E-state index contributed by atoms with van der Waals surface area (Å²) in [7, 11) is 2.21. The highest BCUT2D eigenvalue weighted by atomic mass is 35.5. The van der Waals surface area contributed by atoms with Crippen molar-refractivity contribution in [2.45, 2.75) is 69.1 Å². The zero-order valence-electron chi connectivity index (χ0n) is 17.8. The number of oxazole rings is 1. The van der Waals surface area contributed by atoms with E-state index in [2.05, 4.69) is 22.2 Å². The molecular formula is C22H30ClN5O3. The van der Waals surface area contributed by atoms with Gasteiger partial charge in [-0.1, -0.05) is 12.5 Å². The maximum Gasteiger partial charge on any atom is 0.299 e. The predicted octanol–water partition coefficient (Wildman–Crippen LogP) is 2.45. The second kappa shape index (κ2) is 8.67. The summed E-state index contributed by atoms with van der Waals surface area (Å²) >= 11 is 0. The molecule has 9 heteroatoms. The van der Waals surface area contributed by atoms with E-state index in [1.165, 1.54) is 19.3 Å². The lowest BCUT2D eigenvalue weighted by Gasteiger charge is -2.47. The highest BCUT2D eigenvalue weighted by molar-refractivity contribution is 6.05. The van der Waals surface area contributed by atoms with E-state index in [0.717, 1.165) is 19.3 Å². The minimum absolute atomic E-state index is 0. The van der Waals surface area contributed by atoms with Crippen molar-refractivity contribution in [3.05, 3.63) is 23.8 Å². The SMILES string of the molecule is CN1C2CCCC1CC(NC(=O)c1cccc3oc(N4CCC[C@H]4C(N)=O)nc13)C2.Cl. The number of para-hydroxylation sites is 1. The molecule has 2 aromatic rings. The van der Waals surface area contributed by atoms with Crippen molar-refractivity contribution >= 4 is 41.3 Å². The molecule has 3 fully saturated rings. The first-order chi connectivity index (χ1) is 14.5. The van der Waals surface area contributed by atoms with Gasteiger partial charge in [0.2, 0.25) is 5.91 Å². The van der Waals surface area contributed by atoms with Gasteiger partial charge in [-0.15, -0.1) is 12.4 Å². The van der Waals surface area contributed by atoms with E-state index in [1.54, 1.807) is 12.1 Å². The van der Waals surface area contributed by atoms with Crippen LogP contribution in [0.5, 0.6) is 0 Å². The number of carbonyl (C=O) groups is 2. The minimum Gasteiger partial charge on any atom is -0.423 e. The van der Waals surface area contributed by atoms with Gasteiger partial charge in [-0.2, -0.15) is 4.98 Å². The maximum absolute atomic E-state index is 13.1. The number of hydrogen-bond donors (Lipinski definition) is 2. The predicted molar refractivity (Wildman–Crippen MR) is 120 cm³/mol. The van der Waals surface area contributed by atoms with Crippen molar-refractivity contribution in [2.75, 3.05) is 18.5 Å². The number of carbonyl (C=O) groups excluding carboxylic acids is 2. The third-order valence-corrected chi connectivity index (χ3v) is 7.15. The molecule has 2 bridgehead atoms. The number of primary amides is 1. The number of hydrogen-bond acceptors (Lipinski definition) is 6.